The lowest BCUT2D eigenvalue weighted by molar-refractivity contribution is 0.0601. The van der Waals surface area contributed by atoms with E-state index in [1.165, 1.54) is 40.0 Å². The van der Waals surface area contributed by atoms with Crippen LogP contribution in [-0.2, 0) is 11.3 Å². The molecule has 0 amide bonds. The fraction of sp³-hybridized carbons (Fsp3) is 0.250. The van der Waals surface area contributed by atoms with Crippen LogP contribution in [0.1, 0.15) is 46.8 Å². The van der Waals surface area contributed by atoms with E-state index in [1.54, 1.807) is 0 Å². The van der Waals surface area contributed by atoms with Crippen LogP contribution in [0.3, 0.4) is 0 Å². The van der Waals surface area contributed by atoms with E-state index in [9.17, 15) is 4.79 Å². The van der Waals surface area contributed by atoms with Gasteiger partial charge in [-0.05, 0) is 54.7 Å². The fourth-order valence-corrected chi connectivity index (χ4v) is 5.84. The third kappa shape index (κ3) is 2.65. The van der Waals surface area contributed by atoms with Gasteiger partial charge < -0.3 is 14.6 Å². The standard InChI is InChI=1S/C28H26N2O2/c1-3-30-24-13-5-4-8-19(24)23-16-17(14-15-25(23)30)26-20-10-6-9-18(20)21-11-7-12-22(27(21)29-26)28(31)32-2/h4-9,11-16,18,20,26,29H,3,10H2,1-2H3. The largest absolute Gasteiger partial charge is 0.465 e. The minimum Gasteiger partial charge on any atom is -0.465 e. The molecule has 0 saturated heterocycles. The van der Waals surface area contributed by atoms with E-state index in [1.807, 2.05) is 12.1 Å². The van der Waals surface area contributed by atoms with Crippen molar-refractivity contribution in [3.05, 3.63) is 89.5 Å². The molecule has 1 aliphatic carbocycles. The first-order chi connectivity index (χ1) is 15.7. The molecule has 3 unspecified atom stereocenters. The number of carbonyl (C=O) groups is 1. The van der Waals surface area contributed by atoms with E-state index in [0.29, 0.717) is 17.4 Å². The summed E-state index contributed by atoms with van der Waals surface area (Å²) in [5.74, 6) is 0.427. The highest BCUT2D eigenvalue weighted by atomic mass is 16.5. The first-order valence-electron chi connectivity index (χ1n) is 11.4. The van der Waals surface area contributed by atoms with Crippen molar-refractivity contribution < 1.29 is 9.53 Å². The Morgan fingerprint density at radius 1 is 1.06 bits per heavy atom. The molecule has 1 N–H and O–H groups in total. The maximum atomic E-state index is 12.5. The number of aryl methyl sites for hydroxylation is 1. The van der Waals surface area contributed by atoms with Crippen molar-refractivity contribution in [2.45, 2.75) is 31.8 Å². The minimum absolute atomic E-state index is 0.126. The van der Waals surface area contributed by atoms with Crippen LogP contribution in [-0.4, -0.2) is 17.6 Å². The highest BCUT2D eigenvalue weighted by Gasteiger charge is 2.39. The highest BCUT2D eigenvalue weighted by molar-refractivity contribution is 6.08. The topological polar surface area (TPSA) is 43.3 Å². The number of nitrogens with zero attached hydrogens (tertiary/aromatic N) is 1. The molecule has 0 fully saturated rings. The molecule has 0 spiro atoms. The third-order valence-electron chi connectivity index (χ3n) is 7.27. The molecule has 6 rings (SSSR count). The number of hydrogen-bond acceptors (Lipinski definition) is 3. The zero-order chi connectivity index (χ0) is 21.8. The molecule has 0 radical (unpaired) electrons. The van der Waals surface area contributed by atoms with Gasteiger partial charge in [0.1, 0.15) is 0 Å². The summed E-state index contributed by atoms with van der Waals surface area (Å²) in [7, 11) is 1.44. The first kappa shape index (κ1) is 19.2. The fourth-order valence-electron chi connectivity index (χ4n) is 5.84. The Kier molecular flexibility index (Phi) is 4.35. The maximum absolute atomic E-state index is 12.5. The van der Waals surface area contributed by atoms with E-state index in [0.717, 1.165) is 18.7 Å². The highest BCUT2D eigenvalue weighted by Crippen LogP contribution is 2.51. The number of hydrogen-bond donors (Lipinski definition) is 1. The van der Waals surface area contributed by atoms with Crippen molar-refractivity contribution in [2.24, 2.45) is 5.92 Å². The van der Waals surface area contributed by atoms with Gasteiger partial charge in [-0.15, -0.1) is 0 Å². The summed E-state index contributed by atoms with van der Waals surface area (Å²) >= 11 is 0. The smallest absolute Gasteiger partial charge is 0.339 e. The molecule has 4 heteroatoms. The van der Waals surface area contributed by atoms with Gasteiger partial charge in [0.2, 0.25) is 0 Å². The van der Waals surface area contributed by atoms with Crippen molar-refractivity contribution in [1.29, 1.82) is 0 Å². The summed E-state index contributed by atoms with van der Waals surface area (Å²) in [5.41, 5.74) is 6.51. The second kappa shape index (κ2) is 7.27. The van der Waals surface area contributed by atoms with Gasteiger partial charge in [-0.25, -0.2) is 4.79 Å². The van der Waals surface area contributed by atoms with Crippen molar-refractivity contribution in [2.75, 3.05) is 12.4 Å². The van der Waals surface area contributed by atoms with Gasteiger partial charge in [-0.3, -0.25) is 0 Å². The Hall–Kier alpha value is -3.53. The normalized spacial score (nSPS) is 21.4. The lowest BCUT2D eigenvalue weighted by atomic mass is 9.76. The molecule has 3 atom stereocenters. The van der Waals surface area contributed by atoms with Crippen LogP contribution < -0.4 is 5.32 Å². The molecule has 0 bridgehead atoms. The molecular weight excluding hydrogens is 396 g/mol. The summed E-state index contributed by atoms with van der Waals surface area (Å²) in [6, 6.07) is 21.6. The second-order valence-electron chi connectivity index (χ2n) is 8.77. The zero-order valence-corrected chi connectivity index (χ0v) is 18.3. The van der Waals surface area contributed by atoms with Crippen LogP contribution in [0, 0.1) is 5.92 Å². The maximum Gasteiger partial charge on any atom is 0.339 e. The average molecular weight is 423 g/mol. The number of anilines is 1. The predicted molar refractivity (Wildman–Crippen MR) is 129 cm³/mol. The van der Waals surface area contributed by atoms with Crippen molar-refractivity contribution in [3.8, 4) is 0 Å². The van der Waals surface area contributed by atoms with Crippen LogP contribution >= 0.6 is 0 Å². The summed E-state index contributed by atoms with van der Waals surface area (Å²) in [6.07, 6.45) is 5.62. The monoisotopic (exact) mass is 422 g/mol. The Labute approximate surface area is 187 Å². The van der Waals surface area contributed by atoms with E-state index < -0.39 is 0 Å². The number of esters is 1. The van der Waals surface area contributed by atoms with E-state index in [-0.39, 0.29) is 12.0 Å². The molecule has 160 valence electrons. The van der Waals surface area contributed by atoms with E-state index in [2.05, 4.69) is 77.5 Å². The lowest BCUT2D eigenvalue weighted by Crippen LogP contribution is -2.30. The Balaban J connectivity index is 1.52. The molecule has 0 saturated carbocycles. The molecule has 4 aromatic rings. The van der Waals surface area contributed by atoms with Crippen LogP contribution in [0.25, 0.3) is 21.8 Å². The van der Waals surface area contributed by atoms with Crippen LogP contribution in [0.5, 0.6) is 0 Å². The zero-order valence-electron chi connectivity index (χ0n) is 18.3. The van der Waals surface area contributed by atoms with Gasteiger partial charge in [-0.1, -0.05) is 48.6 Å². The Morgan fingerprint density at radius 3 is 2.75 bits per heavy atom. The second-order valence-corrected chi connectivity index (χ2v) is 8.77. The molecule has 3 aromatic carbocycles. The first-order valence-corrected chi connectivity index (χ1v) is 11.4. The molecule has 1 aliphatic heterocycles. The number of ether oxygens (including phenoxy) is 1. The van der Waals surface area contributed by atoms with Gasteiger partial charge in [0.05, 0.1) is 24.4 Å². The Morgan fingerprint density at radius 2 is 1.91 bits per heavy atom. The number of methoxy groups -OCH3 is 1. The SMILES string of the molecule is CCn1c2ccccc2c2cc(C3Nc4c(C(=O)OC)cccc4C4C=CCC43)ccc21. The van der Waals surface area contributed by atoms with Crippen molar-refractivity contribution >= 4 is 33.5 Å². The van der Waals surface area contributed by atoms with Gasteiger partial charge in [0.25, 0.3) is 0 Å². The lowest BCUT2D eigenvalue weighted by Gasteiger charge is -2.38. The number of fused-ring (bicyclic) bond motifs is 6. The average Bonchev–Trinajstić information content (AvgIpc) is 3.45. The van der Waals surface area contributed by atoms with Gasteiger partial charge in [0.15, 0.2) is 0 Å². The van der Waals surface area contributed by atoms with Gasteiger partial charge in [-0.2, -0.15) is 0 Å². The number of benzene rings is 3. The number of rotatable bonds is 3. The molecule has 32 heavy (non-hydrogen) atoms. The molecular formula is C28H26N2O2. The molecule has 1 aromatic heterocycles. The van der Waals surface area contributed by atoms with Crippen LogP contribution in [0.15, 0.2) is 72.8 Å². The summed E-state index contributed by atoms with van der Waals surface area (Å²) in [6.45, 7) is 3.14. The number of aromatic nitrogens is 1. The number of para-hydroxylation sites is 2. The minimum atomic E-state index is -0.296. The third-order valence-corrected chi connectivity index (χ3v) is 7.27. The molecule has 4 nitrogen and oxygen atoms in total. The predicted octanol–water partition coefficient (Wildman–Crippen LogP) is 6.43. The van der Waals surface area contributed by atoms with Gasteiger partial charge in [0, 0.05) is 34.3 Å². The van der Waals surface area contributed by atoms with Crippen molar-refractivity contribution in [3.63, 3.8) is 0 Å². The number of allylic oxidation sites excluding steroid dienone is 2. The quantitative estimate of drug-likeness (QED) is 0.306. The van der Waals surface area contributed by atoms with Crippen LogP contribution in [0.2, 0.25) is 0 Å². The molecule has 2 aliphatic rings. The summed E-state index contributed by atoms with van der Waals surface area (Å²) in [5, 5.41) is 6.33. The Bertz CT molecular complexity index is 1400. The molecule has 2 heterocycles. The number of carbonyl (C=O) groups excluding carboxylic acids is 1. The van der Waals surface area contributed by atoms with Crippen LogP contribution in [0.4, 0.5) is 5.69 Å². The number of nitrogens with one attached hydrogen (secondary N) is 1. The van der Waals surface area contributed by atoms with Crippen molar-refractivity contribution in [1.82, 2.24) is 4.57 Å². The van der Waals surface area contributed by atoms with E-state index >= 15 is 0 Å². The van der Waals surface area contributed by atoms with E-state index in [4.69, 9.17) is 4.74 Å². The summed E-state index contributed by atoms with van der Waals surface area (Å²) < 4.78 is 7.46. The van der Waals surface area contributed by atoms with Gasteiger partial charge >= 0.3 is 5.97 Å². The summed E-state index contributed by atoms with van der Waals surface area (Å²) in [4.78, 5) is 12.5.